The molecule has 1 aromatic heterocycles. The molecule has 17 heavy (non-hydrogen) atoms. The largest absolute Gasteiger partial charge is 0.396 e. The van der Waals surface area contributed by atoms with E-state index in [2.05, 4.69) is 25.8 Å². The Morgan fingerprint density at radius 2 is 2.41 bits per heavy atom. The monoisotopic (exact) mass is 318 g/mol. The van der Waals surface area contributed by atoms with Gasteiger partial charge in [0.05, 0.1) is 5.02 Å². The van der Waals surface area contributed by atoms with Crippen LogP contribution in [-0.4, -0.2) is 29.3 Å². The molecular weight excluding hydrogens is 304 g/mol. The van der Waals surface area contributed by atoms with Gasteiger partial charge in [0, 0.05) is 29.9 Å². The van der Waals surface area contributed by atoms with E-state index < -0.39 is 0 Å². The topological polar surface area (TPSA) is 36.4 Å². The predicted octanol–water partition coefficient (Wildman–Crippen LogP) is 3.24. The van der Waals surface area contributed by atoms with E-state index in [1.165, 1.54) is 6.42 Å². The lowest BCUT2D eigenvalue weighted by molar-refractivity contribution is 0.279. The fourth-order valence-corrected chi connectivity index (χ4v) is 3.10. The highest BCUT2D eigenvalue weighted by Crippen LogP contribution is 2.32. The summed E-state index contributed by atoms with van der Waals surface area (Å²) in [6.45, 7) is 1.26. The van der Waals surface area contributed by atoms with Gasteiger partial charge in [0.15, 0.2) is 0 Å². The van der Waals surface area contributed by atoms with Gasteiger partial charge in [-0.15, -0.1) is 0 Å². The van der Waals surface area contributed by atoms with Crippen LogP contribution < -0.4 is 4.90 Å². The summed E-state index contributed by atoms with van der Waals surface area (Å²) in [5.41, 5.74) is 0. The number of anilines is 1. The van der Waals surface area contributed by atoms with Gasteiger partial charge in [-0.1, -0.05) is 11.6 Å². The van der Waals surface area contributed by atoms with E-state index in [9.17, 15) is 0 Å². The zero-order valence-corrected chi connectivity index (χ0v) is 11.9. The van der Waals surface area contributed by atoms with Crippen molar-refractivity contribution in [2.45, 2.75) is 31.7 Å². The third-order valence-corrected chi connectivity index (χ3v) is 3.84. The summed E-state index contributed by atoms with van der Waals surface area (Å²) in [7, 11) is 0. The average molecular weight is 320 g/mol. The van der Waals surface area contributed by atoms with Crippen LogP contribution in [-0.2, 0) is 0 Å². The Balaban J connectivity index is 2.14. The van der Waals surface area contributed by atoms with Crippen LogP contribution in [0.1, 0.15) is 25.7 Å². The van der Waals surface area contributed by atoms with E-state index in [4.69, 9.17) is 16.7 Å². The fourth-order valence-electron chi connectivity index (χ4n) is 2.36. The summed E-state index contributed by atoms with van der Waals surface area (Å²) in [6.07, 6.45) is 5.96. The molecule has 94 valence electrons. The van der Waals surface area contributed by atoms with E-state index in [0.29, 0.717) is 11.1 Å². The minimum Gasteiger partial charge on any atom is -0.396 e. The first-order valence-electron chi connectivity index (χ1n) is 5.91. The Bertz CT molecular complexity index is 389. The molecule has 2 rings (SSSR count). The molecule has 0 amide bonds. The maximum absolute atomic E-state index is 8.91. The van der Waals surface area contributed by atoms with Crippen molar-refractivity contribution in [3.8, 4) is 0 Å². The van der Waals surface area contributed by atoms with Crippen LogP contribution in [0.5, 0.6) is 0 Å². The second kappa shape index (κ2) is 6.03. The maximum Gasteiger partial charge on any atom is 0.147 e. The van der Waals surface area contributed by atoms with Crippen LogP contribution in [0.2, 0.25) is 5.02 Å². The lowest BCUT2D eigenvalue weighted by Crippen LogP contribution is -2.30. The van der Waals surface area contributed by atoms with Gasteiger partial charge in [0.25, 0.3) is 0 Å². The van der Waals surface area contributed by atoms with Crippen molar-refractivity contribution in [3.63, 3.8) is 0 Å². The quantitative estimate of drug-likeness (QED) is 0.925. The molecule has 0 aliphatic carbocycles. The van der Waals surface area contributed by atoms with Crippen molar-refractivity contribution in [3.05, 3.63) is 21.8 Å². The van der Waals surface area contributed by atoms with Crippen LogP contribution in [0.15, 0.2) is 16.7 Å². The maximum atomic E-state index is 8.91. The molecule has 1 N–H and O–H groups in total. The molecule has 1 atom stereocenters. The molecule has 2 heterocycles. The summed E-state index contributed by atoms with van der Waals surface area (Å²) >= 11 is 9.59. The van der Waals surface area contributed by atoms with Crippen LogP contribution in [0.25, 0.3) is 0 Å². The van der Waals surface area contributed by atoms with Crippen LogP contribution in [0.4, 0.5) is 5.82 Å². The molecule has 0 bridgehead atoms. The molecule has 1 unspecified atom stereocenters. The zero-order valence-electron chi connectivity index (χ0n) is 9.57. The average Bonchev–Trinajstić information content (AvgIpc) is 2.74. The Kier molecular flexibility index (Phi) is 4.65. The molecule has 0 radical (unpaired) electrons. The Hall–Kier alpha value is -0.320. The van der Waals surface area contributed by atoms with E-state index in [1.807, 2.05) is 6.07 Å². The van der Waals surface area contributed by atoms with Gasteiger partial charge < -0.3 is 10.0 Å². The molecular formula is C12H16BrClN2O. The van der Waals surface area contributed by atoms with Gasteiger partial charge in [0.1, 0.15) is 5.82 Å². The molecule has 3 nitrogen and oxygen atoms in total. The highest BCUT2D eigenvalue weighted by atomic mass is 79.9. The minimum atomic E-state index is 0.256. The molecule has 1 aliphatic heterocycles. The third-order valence-electron chi connectivity index (χ3n) is 3.13. The Morgan fingerprint density at radius 3 is 3.12 bits per heavy atom. The molecule has 0 spiro atoms. The predicted molar refractivity (Wildman–Crippen MR) is 73.6 cm³/mol. The summed E-state index contributed by atoms with van der Waals surface area (Å²) in [4.78, 5) is 6.67. The number of halogens is 2. The van der Waals surface area contributed by atoms with Crippen LogP contribution >= 0.6 is 27.5 Å². The van der Waals surface area contributed by atoms with Crippen molar-refractivity contribution in [1.82, 2.24) is 4.98 Å². The van der Waals surface area contributed by atoms with Crippen molar-refractivity contribution < 1.29 is 5.11 Å². The van der Waals surface area contributed by atoms with E-state index >= 15 is 0 Å². The molecule has 1 aliphatic rings. The molecule has 5 heteroatoms. The number of pyridine rings is 1. The summed E-state index contributed by atoms with van der Waals surface area (Å²) < 4.78 is 0.900. The first-order chi connectivity index (χ1) is 8.22. The number of rotatable bonds is 4. The van der Waals surface area contributed by atoms with Gasteiger partial charge in [-0.25, -0.2) is 4.98 Å². The lowest BCUT2D eigenvalue weighted by Gasteiger charge is -2.26. The smallest absolute Gasteiger partial charge is 0.147 e. The summed E-state index contributed by atoms with van der Waals surface area (Å²) in [5, 5.41) is 9.60. The van der Waals surface area contributed by atoms with Gasteiger partial charge in [-0.05, 0) is 47.7 Å². The van der Waals surface area contributed by atoms with Gasteiger partial charge >= 0.3 is 0 Å². The highest BCUT2D eigenvalue weighted by Gasteiger charge is 2.26. The fraction of sp³-hybridized carbons (Fsp3) is 0.583. The summed E-state index contributed by atoms with van der Waals surface area (Å²) in [6, 6.07) is 2.35. The van der Waals surface area contributed by atoms with Crippen molar-refractivity contribution in [2.75, 3.05) is 18.1 Å². The molecule has 1 aromatic rings. The second-order valence-corrected chi connectivity index (χ2v) is 5.64. The molecule has 1 fully saturated rings. The van der Waals surface area contributed by atoms with Gasteiger partial charge in [-0.2, -0.15) is 0 Å². The molecule has 0 saturated carbocycles. The number of hydrogen-bond acceptors (Lipinski definition) is 3. The van der Waals surface area contributed by atoms with Crippen molar-refractivity contribution >= 4 is 33.3 Å². The van der Waals surface area contributed by atoms with E-state index in [0.717, 1.165) is 36.1 Å². The second-order valence-electron chi connectivity index (χ2n) is 4.31. The lowest BCUT2D eigenvalue weighted by atomic mass is 10.1. The van der Waals surface area contributed by atoms with Crippen molar-refractivity contribution in [1.29, 1.82) is 0 Å². The normalized spacial score (nSPS) is 19.9. The number of aliphatic hydroxyl groups excluding tert-OH is 1. The van der Waals surface area contributed by atoms with Crippen LogP contribution in [0.3, 0.4) is 0 Å². The van der Waals surface area contributed by atoms with E-state index in [-0.39, 0.29) is 6.61 Å². The summed E-state index contributed by atoms with van der Waals surface area (Å²) in [5.74, 6) is 0.871. The first-order valence-corrected chi connectivity index (χ1v) is 7.08. The Labute approximate surface area is 115 Å². The zero-order chi connectivity index (χ0) is 12.3. The number of nitrogens with zero attached hydrogens (tertiary/aromatic N) is 2. The first kappa shape index (κ1) is 13.1. The van der Waals surface area contributed by atoms with Crippen LogP contribution in [0, 0.1) is 0 Å². The van der Waals surface area contributed by atoms with Gasteiger partial charge in [-0.3, -0.25) is 0 Å². The SMILES string of the molecule is OCCCC1CCCN1c1ncc(Br)cc1Cl. The third kappa shape index (κ3) is 3.12. The number of aromatic nitrogens is 1. The number of hydrogen-bond donors (Lipinski definition) is 1. The standard InChI is InChI=1S/C12H16BrClN2O/c13-9-7-11(14)12(15-8-9)16-5-1-3-10(16)4-2-6-17/h7-8,10,17H,1-6H2. The van der Waals surface area contributed by atoms with Gasteiger partial charge in [0.2, 0.25) is 0 Å². The molecule has 1 saturated heterocycles. The van der Waals surface area contributed by atoms with E-state index in [1.54, 1.807) is 6.20 Å². The highest BCUT2D eigenvalue weighted by molar-refractivity contribution is 9.10. The minimum absolute atomic E-state index is 0.256. The molecule has 0 aromatic carbocycles. The Morgan fingerprint density at radius 1 is 1.59 bits per heavy atom. The van der Waals surface area contributed by atoms with Crippen molar-refractivity contribution in [2.24, 2.45) is 0 Å². The number of aliphatic hydroxyl groups is 1.